The lowest BCUT2D eigenvalue weighted by Crippen LogP contribution is -2.14. The maximum atomic E-state index is 6.45. The van der Waals surface area contributed by atoms with Gasteiger partial charge in [-0.05, 0) is 162 Å². The van der Waals surface area contributed by atoms with Gasteiger partial charge in [-0.1, -0.05) is 293 Å². The standard InChI is InChI=1S/C43H29N3O.C40H23N3O2.C40H23N3OS/c1-43(2)34-17-9-6-14-29(34)32-25-37-33(24-35(32)43)30-15-7-10-18-36(30)46(37)28-22-20-26(21-23-28)39-41-40(31-16-8-11-19-38(31)47-41)45-42(44-39)27-12-4-3-5-13-27;1-2-11-24(12-3-1)40-41-37(39-38(42-40)29-17-6-9-20-35(29)45-39)25-13-10-14-26(21-25)43-32-18-7-4-15-27(32)30-23-36-31(22-33(30)43)28-16-5-8-19-34(28)44-36;1-2-11-24(12-3-1)40-41-37(39-38(42-40)29-17-5-8-19-34(29)44-39)25-13-10-14-26(21-25)43-32-18-7-4-15-27(32)30-23-36-31(22-33(30)43)28-16-6-9-20-35(28)45-36/h3-25H,1-2H3;2*1-23H. The molecule has 11 heterocycles. The second-order valence-corrected chi connectivity index (χ2v) is 36.9. The number of hydrogen-bond donors (Lipinski definition) is 0. The van der Waals surface area contributed by atoms with Crippen LogP contribution >= 0.6 is 11.3 Å². The van der Waals surface area contributed by atoms with Crippen molar-refractivity contribution < 1.29 is 17.7 Å². The molecule has 0 saturated heterocycles. The molecule has 29 aromatic rings. The molecule has 14 heteroatoms. The number of rotatable bonds is 9. The molecule has 137 heavy (non-hydrogen) atoms. The average molecular weight is 1780 g/mol. The molecule has 0 spiro atoms. The first-order valence-corrected chi connectivity index (χ1v) is 46.9. The minimum absolute atomic E-state index is 0.0525. The highest BCUT2D eigenvalue weighted by molar-refractivity contribution is 7.25. The smallest absolute Gasteiger partial charge is 0.180 e. The predicted octanol–water partition coefficient (Wildman–Crippen LogP) is 33.0. The Morgan fingerprint density at radius 3 is 1.09 bits per heavy atom. The molecule has 0 atom stereocenters. The van der Waals surface area contributed by atoms with Crippen molar-refractivity contribution in [2.75, 3.05) is 0 Å². The van der Waals surface area contributed by atoms with Crippen LogP contribution in [0.1, 0.15) is 25.0 Å². The Kier molecular flexibility index (Phi) is 17.3. The topological polar surface area (TPSA) is 145 Å². The Morgan fingerprint density at radius 2 is 0.591 bits per heavy atom. The van der Waals surface area contributed by atoms with E-state index in [4.69, 9.17) is 47.6 Å². The van der Waals surface area contributed by atoms with Crippen LogP contribution in [-0.2, 0) is 5.41 Å². The highest BCUT2D eigenvalue weighted by atomic mass is 32.1. The Labute approximate surface area is 786 Å². The van der Waals surface area contributed by atoms with Gasteiger partial charge in [-0.15, -0.1) is 11.3 Å². The molecular formula is C123H75N9O4S. The maximum absolute atomic E-state index is 6.45. The summed E-state index contributed by atoms with van der Waals surface area (Å²) in [5, 5.41) is 15.1. The van der Waals surface area contributed by atoms with Crippen molar-refractivity contribution >= 4 is 185 Å². The summed E-state index contributed by atoms with van der Waals surface area (Å²) >= 11 is 1.86. The largest absolute Gasteiger partial charge is 0.456 e. The number of nitrogens with zero attached hydrogens (tertiary/aromatic N) is 9. The van der Waals surface area contributed by atoms with E-state index < -0.39 is 0 Å². The minimum Gasteiger partial charge on any atom is -0.456 e. The number of para-hydroxylation sites is 7. The number of hydrogen-bond acceptors (Lipinski definition) is 11. The third kappa shape index (κ3) is 12.3. The van der Waals surface area contributed by atoms with Gasteiger partial charge >= 0.3 is 0 Å². The maximum Gasteiger partial charge on any atom is 0.180 e. The third-order valence-corrected chi connectivity index (χ3v) is 28.8. The summed E-state index contributed by atoms with van der Waals surface area (Å²) in [5.41, 5.74) is 32.5. The summed E-state index contributed by atoms with van der Waals surface area (Å²) in [6, 6.07) is 146. The minimum atomic E-state index is -0.0525. The molecule has 0 bridgehead atoms. The van der Waals surface area contributed by atoms with E-state index in [0.29, 0.717) is 34.2 Å². The summed E-state index contributed by atoms with van der Waals surface area (Å²) < 4.78 is 35.3. The van der Waals surface area contributed by atoms with E-state index in [-0.39, 0.29) is 5.41 Å². The van der Waals surface area contributed by atoms with Gasteiger partial charge < -0.3 is 31.4 Å². The zero-order chi connectivity index (χ0) is 90.2. The highest BCUT2D eigenvalue weighted by Crippen LogP contribution is 2.53. The fourth-order valence-corrected chi connectivity index (χ4v) is 22.4. The van der Waals surface area contributed by atoms with Gasteiger partial charge in [-0.3, -0.25) is 0 Å². The molecule has 0 unspecified atom stereocenters. The second kappa shape index (κ2) is 30.5. The number of thiophene rings is 1. The zero-order valence-corrected chi connectivity index (χ0v) is 74.7. The fourth-order valence-electron chi connectivity index (χ4n) is 21.2. The molecule has 11 aromatic heterocycles. The monoisotopic (exact) mass is 1770 g/mol. The molecule has 18 aromatic carbocycles. The Morgan fingerprint density at radius 1 is 0.212 bits per heavy atom. The number of fused-ring (bicyclic) bond motifs is 27. The van der Waals surface area contributed by atoms with E-state index in [0.717, 1.165) is 155 Å². The lowest BCUT2D eigenvalue weighted by Gasteiger charge is -2.21. The van der Waals surface area contributed by atoms with Crippen molar-refractivity contribution in [2.24, 2.45) is 0 Å². The van der Waals surface area contributed by atoms with Crippen LogP contribution in [0.25, 0.3) is 270 Å². The van der Waals surface area contributed by atoms with Gasteiger partial charge in [0.2, 0.25) is 0 Å². The van der Waals surface area contributed by atoms with Gasteiger partial charge in [-0.2, -0.15) is 0 Å². The average Bonchev–Trinajstić information content (AvgIpc) is 1.57. The first-order valence-electron chi connectivity index (χ1n) is 46.1. The van der Waals surface area contributed by atoms with E-state index >= 15 is 0 Å². The normalized spacial score (nSPS) is 12.5. The lowest BCUT2D eigenvalue weighted by atomic mass is 9.82. The summed E-state index contributed by atoms with van der Waals surface area (Å²) in [7, 11) is 0. The van der Waals surface area contributed by atoms with E-state index in [9.17, 15) is 0 Å². The Hall–Kier alpha value is -18.0. The van der Waals surface area contributed by atoms with Crippen LogP contribution in [0.5, 0.6) is 0 Å². The van der Waals surface area contributed by atoms with Gasteiger partial charge in [0.25, 0.3) is 0 Å². The quantitative estimate of drug-likeness (QED) is 0.137. The molecule has 0 amide bonds. The number of furan rings is 4. The Balaban J connectivity index is 0.000000102. The first kappa shape index (κ1) is 77.8. The van der Waals surface area contributed by atoms with E-state index in [1.807, 2.05) is 145 Å². The fraction of sp³-hybridized carbons (Fsp3) is 0.0244. The molecule has 0 aliphatic heterocycles. The molecule has 0 N–H and O–H groups in total. The van der Waals surface area contributed by atoms with Crippen LogP contribution in [-0.4, -0.2) is 43.6 Å². The van der Waals surface area contributed by atoms with Crippen LogP contribution < -0.4 is 0 Å². The summed E-state index contributed by atoms with van der Waals surface area (Å²) in [6.45, 7) is 4.69. The summed E-state index contributed by atoms with van der Waals surface area (Å²) in [6.07, 6.45) is 0. The SMILES string of the molecule is CC1(C)c2ccccc2-c2cc3c(cc21)c1ccccc1n3-c1ccc(-c2nc(-c3ccccc3)nc3c2oc2ccccc23)cc1.c1ccc(-c2nc(-c3cccc(-n4c5ccccc5c5cc6oc7ccccc7c6cc54)c3)c3oc4ccccc4c3n2)cc1.c1ccc(-c2nc(-c3cccc(-n4c5ccccc5c5cc6sc7ccccc7c6cc54)c3)c3oc4ccccc4c3n2)cc1. The van der Waals surface area contributed by atoms with E-state index in [2.05, 4.69) is 313 Å². The molecule has 642 valence electrons. The van der Waals surface area contributed by atoms with Crippen LogP contribution in [0.15, 0.2) is 436 Å². The van der Waals surface area contributed by atoms with Crippen molar-refractivity contribution in [1.29, 1.82) is 0 Å². The zero-order valence-electron chi connectivity index (χ0n) is 73.9. The van der Waals surface area contributed by atoms with Gasteiger partial charge in [0, 0.05) is 135 Å². The molecule has 1 aliphatic carbocycles. The molecular weight excluding hydrogens is 1700 g/mol. The first-order chi connectivity index (χ1) is 67.7. The molecule has 30 rings (SSSR count). The van der Waals surface area contributed by atoms with Crippen LogP contribution in [0.4, 0.5) is 0 Å². The Bertz CT molecular complexity index is 9670. The molecule has 1 aliphatic rings. The van der Waals surface area contributed by atoms with Gasteiger partial charge in [0.15, 0.2) is 34.2 Å². The van der Waals surface area contributed by atoms with Crippen LogP contribution in [0.3, 0.4) is 0 Å². The van der Waals surface area contributed by atoms with Gasteiger partial charge in [0.1, 0.15) is 61.5 Å². The van der Waals surface area contributed by atoms with Crippen LogP contribution in [0.2, 0.25) is 0 Å². The third-order valence-electron chi connectivity index (χ3n) is 27.6. The molecule has 0 radical (unpaired) electrons. The van der Waals surface area contributed by atoms with Crippen molar-refractivity contribution in [2.45, 2.75) is 19.3 Å². The lowest BCUT2D eigenvalue weighted by molar-refractivity contribution is 0.661. The second-order valence-electron chi connectivity index (χ2n) is 35.8. The van der Waals surface area contributed by atoms with E-state index in [1.54, 1.807) is 0 Å². The van der Waals surface area contributed by atoms with Crippen molar-refractivity contribution in [3.63, 3.8) is 0 Å². The number of aromatic nitrogens is 9. The predicted molar refractivity (Wildman–Crippen MR) is 561 cm³/mol. The van der Waals surface area contributed by atoms with Crippen LogP contribution in [0, 0.1) is 0 Å². The van der Waals surface area contributed by atoms with Gasteiger partial charge in [0.05, 0.1) is 33.1 Å². The highest BCUT2D eigenvalue weighted by Gasteiger charge is 2.37. The van der Waals surface area contributed by atoms with Crippen molar-refractivity contribution in [3.8, 4) is 96.1 Å². The molecule has 13 nitrogen and oxygen atoms in total. The summed E-state index contributed by atoms with van der Waals surface area (Å²) in [4.78, 5) is 30.4. The summed E-state index contributed by atoms with van der Waals surface area (Å²) in [5.74, 6) is 2.03. The molecule has 0 fully saturated rings. The van der Waals surface area contributed by atoms with Gasteiger partial charge in [-0.25, -0.2) is 29.9 Å². The van der Waals surface area contributed by atoms with Crippen molar-refractivity contribution in [3.05, 3.63) is 430 Å². The number of benzene rings is 18. The molecule has 0 saturated carbocycles. The van der Waals surface area contributed by atoms with E-state index in [1.165, 1.54) is 91.4 Å². The van der Waals surface area contributed by atoms with Crippen molar-refractivity contribution in [1.82, 2.24) is 43.6 Å².